The molecule has 1 fully saturated rings. The Morgan fingerprint density at radius 3 is 2.34 bits per heavy atom. The van der Waals surface area contributed by atoms with Gasteiger partial charge in [-0.1, -0.05) is 49.0 Å². The van der Waals surface area contributed by atoms with E-state index in [-0.39, 0.29) is 43.8 Å². The lowest BCUT2D eigenvalue weighted by atomic mass is 10.1. The molecular weight excluding hydrogens is 552 g/mol. The maximum atomic E-state index is 13.5. The number of amides is 2. The Labute approximate surface area is 234 Å². The summed E-state index contributed by atoms with van der Waals surface area (Å²) < 4.78 is 39.3. The van der Waals surface area contributed by atoms with Gasteiger partial charge in [0.25, 0.3) is 0 Å². The molecule has 0 aromatic heterocycles. The molecule has 0 aliphatic heterocycles. The zero-order valence-electron chi connectivity index (χ0n) is 21.6. The molecule has 11 heteroatoms. The van der Waals surface area contributed by atoms with Crippen LogP contribution in [0.25, 0.3) is 0 Å². The number of carbonyl (C=O) groups excluding carboxylic acids is 2. The molecule has 0 heterocycles. The molecule has 0 bridgehead atoms. The van der Waals surface area contributed by atoms with Gasteiger partial charge in [-0.15, -0.1) is 0 Å². The van der Waals surface area contributed by atoms with E-state index in [0.29, 0.717) is 27.7 Å². The highest BCUT2D eigenvalue weighted by molar-refractivity contribution is 7.92. The number of hydrogen-bond donors (Lipinski definition) is 1. The molecule has 2 aromatic rings. The van der Waals surface area contributed by atoms with Crippen LogP contribution in [0.2, 0.25) is 10.0 Å². The molecule has 0 radical (unpaired) electrons. The highest BCUT2D eigenvalue weighted by Crippen LogP contribution is 2.25. The summed E-state index contributed by atoms with van der Waals surface area (Å²) in [4.78, 5) is 28.3. The lowest BCUT2D eigenvalue weighted by molar-refractivity contribution is -0.141. The molecule has 2 amide bonds. The van der Waals surface area contributed by atoms with Gasteiger partial charge in [-0.3, -0.25) is 13.9 Å². The van der Waals surface area contributed by atoms with E-state index in [1.54, 1.807) is 18.2 Å². The van der Waals surface area contributed by atoms with E-state index in [4.69, 9.17) is 23.2 Å². The number of nitrogens with one attached hydrogen (secondary N) is 1. The van der Waals surface area contributed by atoms with Crippen molar-refractivity contribution < 1.29 is 22.4 Å². The van der Waals surface area contributed by atoms with E-state index in [1.165, 1.54) is 29.2 Å². The minimum atomic E-state index is -3.66. The summed E-state index contributed by atoms with van der Waals surface area (Å²) in [5, 5.41) is 3.94. The number of halogens is 3. The zero-order chi connectivity index (χ0) is 27.9. The van der Waals surface area contributed by atoms with Gasteiger partial charge >= 0.3 is 0 Å². The summed E-state index contributed by atoms with van der Waals surface area (Å²) in [5.74, 6) is -0.978. The maximum absolute atomic E-state index is 13.5. The highest BCUT2D eigenvalue weighted by Gasteiger charge is 2.31. The second-order valence-corrected chi connectivity index (χ2v) is 12.3. The Balaban J connectivity index is 1.78. The molecular formula is C27H34Cl2FN3O4S. The van der Waals surface area contributed by atoms with Crippen molar-refractivity contribution in [2.24, 2.45) is 0 Å². The third-order valence-corrected chi connectivity index (χ3v) is 8.49. The molecule has 3 rings (SSSR count). The van der Waals surface area contributed by atoms with E-state index >= 15 is 0 Å². The zero-order valence-corrected chi connectivity index (χ0v) is 24.0. The summed E-state index contributed by atoms with van der Waals surface area (Å²) in [5.41, 5.74) is 0.967. The predicted molar refractivity (Wildman–Crippen MR) is 149 cm³/mol. The average Bonchev–Trinajstić information content (AvgIpc) is 3.36. The van der Waals surface area contributed by atoms with Crippen LogP contribution in [0.3, 0.4) is 0 Å². The first-order valence-electron chi connectivity index (χ1n) is 12.8. The highest BCUT2D eigenvalue weighted by atomic mass is 35.5. The topological polar surface area (TPSA) is 86.8 Å². The molecule has 0 spiro atoms. The molecule has 208 valence electrons. The number of sulfonamides is 1. The van der Waals surface area contributed by atoms with Crippen LogP contribution in [-0.4, -0.2) is 50.0 Å². The van der Waals surface area contributed by atoms with Gasteiger partial charge in [-0.2, -0.15) is 0 Å². The van der Waals surface area contributed by atoms with Gasteiger partial charge < -0.3 is 10.2 Å². The number of rotatable bonds is 12. The maximum Gasteiger partial charge on any atom is 0.243 e. The van der Waals surface area contributed by atoms with Crippen LogP contribution >= 0.6 is 23.2 Å². The summed E-state index contributed by atoms with van der Waals surface area (Å²) >= 11 is 12.4. The van der Waals surface area contributed by atoms with Crippen LogP contribution in [0.1, 0.15) is 57.4 Å². The molecule has 7 nitrogen and oxygen atoms in total. The van der Waals surface area contributed by atoms with Gasteiger partial charge in [0.15, 0.2) is 0 Å². The molecule has 2 aromatic carbocycles. The van der Waals surface area contributed by atoms with Gasteiger partial charge in [-0.05, 0) is 67.6 Å². The second-order valence-electron chi connectivity index (χ2n) is 9.59. The fourth-order valence-electron chi connectivity index (χ4n) is 4.73. The fraction of sp³-hybridized carbons (Fsp3) is 0.481. The quantitative estimate of drug-likeness (QED) is 0.354. The third-order valence-electron chi connectivity index (χ3n) is 6.71. The Bertz CT molecular complexity index is 1220. The standard InChI is InChI=1S/C27H34Cl2FN3O4S/c1-3-25(27(35)31-22-7-4-5-8-22)32(18-19-10-11-20(28)17-24(19)29)26(34)9-6-16-33(38(2,36)37)23-14-12-21(30)13-15-23/h10-15,17,22,25H,3-9,16,18H2,1-2H3,(H,31,35)/t25-/m1/s1. The number of anilines is 1. The van der Waals surface area contributed by atoms with Crippen molar-refractivity contribution in [1.29, 1.82) is 0 Å². The van der Waals surface area contributed by atoms with Crippen molar-refractivity contribution in [2.75, 3.05) is 17.1 Å². The molecule has 1 N–H and O–H groups in total. The van der Waals surface area contributed by atoms with Crippen molar-refractivity contribution in [1.82, 2.24) is 10.2 Å². The Morgan fingerprint density at radius 1 is 1.11 bits per heavy atom. The second kappa shape index (κ2) is 13.6. The van der Waals surface area contributed by atoms with Gasteiger partial charge in [0.05, 0.1) is 11.9 Å². The smallest absolute Gasteiger partial charge is 0.243 e. The predicted octanol–water partition coefficient (Wildman–Crippen LogP) is 5.54. The molecule has 1 aliphatic carbocycles. The number of carbonyl (C=O) groups is 2. The summed E-state index contributed by atoms with van der Waals surface area (Å²) in [6, 6.07) is 9.53. The number of nitrogens with zero attached hydrogens (tertiary/aromatic N) is 2. The van der Waals surface area contributed by atoms with Gasteiger partial charge in [0, 0.05) is 35.6 Å². The minimum absolute atomic E-state index is 0.00559. The van der Waals surface area contributed by atoms with Crippen molar-refractivity contribution in [3.8, 4) is 0 Å². The number of benzene rings is 2. The first-order chi connectivity index (χ1) is 18.0. The molecule has 1 saturated carbocycles. The molecule has 1 atom stereocenters. The summed E-state index contributed by atoms with van der Waals surface area (Å²) in [6.07, 6.45) is 5.65. The molecule has 0 unspecified atom stereocenters. The van der Waals surface area contributed by atoms with Crippen molar-refractivity contribution in [3.05, 3.63) is 63.9 Å². The normalized spacial score (nSPS) is 14.8. The van der Waals surface area contributed by atoms with E-state index < -0.39 is 21.9 Å². The average molecular weight is 587 g/mol. The summed E-state index contributed by atoms with van der Waals surface area (Å²) in [6.45, 7) is 1.98. The van der Waals surface area contributed by atoms with E-state index in [0.717, 1.165) is 36.2 Å². The number of hydrogen-bond acceptors (Lipinski definition) is 4. The minimum Gasteiger partial charge on any atom is -0.352 e. The lowest BCUT2D eigenvalue weighted by Gasteiger charge is -2.32. The van der Waals surface area contributed by atoms with Crippen LogP contribution in [0, 0.1) is 5.82 Å². The SMILES string of the molecule is CC[C@H](C(=O)NC1CCCC1)N(Cc1ccc(Cl)cc1Cl)C(=O)CCCN(c1ccc(F)cc1)S(C)(=O)=O. The van der Waals surface area contributed by atoms with E-state index in [2.05, 4.69) is 5.32 Å². The third kappa shape index (κ3) is 8.32. The van der Waals surface area contributed by atoms with Crippen molar-refractivity contribution >= 4 is 50.7 Å². The van der Waals surface area contributed by atoms with Crippen LogP contribution in [0.5, 0.6) is 0 Å². The molecule has 38 heavy (non-hydrogen) atoms. The Morgan fingerprint density at radius 2 is 1.76 bits per heavy atom. The monoisotopic (exact) mass is 585 g/mol. The van der Waals surface area contributed by atoms with Crippen LogP contribution in [-0.2, 0) is 26.2 Å². The molecule has 0 saturated heterocycles. The van der Waals surface area contributed by atoms with Crippen LogP contribution in [0.4, 0.5) is 10.1 Å². The lowest BCUT2D eigenvalue weighted by Crippen LogP contribution is -2.51. The van der Waals surface area contributed by atoms with E-state index in [1.807, 2.05) is 6.92 Å². The van der Waals surface area contributed by atoms with Crippen LogP contribution in [0.15, 0.2) is 42.5 Å². The van der Waals surface area contributed by atoms with Crippen molar-refractivity contribution in [2.45, 2.75) is 70.5 Å². The van der Waals surface area contributed by atoms with Gasteiger partial charge in [0.2, 0.25) is 21.8 Å². The van der Waals surface area contributed by atoms with Crippen molar-refractivity contribution in [3.63, 3.8) is 0 Å². The fourth-order valence-corrected chi connectivity index (χ4v) is 6.17. The first kappa shape index (κ1) is 30.2. The first-order valence-corrected chi connectivity index (χ1v) is 15.4. The largest absolute Gasteiger partial charge is 0.352 e. The van der Waals surface area contributed by atoms with Gasteiger partial charge in [-0.25, -0.2) is 12.8 Å². The summed E-state index contributed by atoms with van der Waals surface area (Å²) in [7, 11) is -3.66. The van der Waals surface area contributed by atoms with Crippen LogP contribution < -0.4 is 9.62 Å². The molecule has 1 aliphatic rings. The Kier molecular flexibility index (Phi) is 10.8. The Hall–Kier alpha value is -2.36. The van der Waals surface area contributed by atoms with Gasteiger partial charge in [0.1, 0.15) is 11.9 Å². The van der Waals surface area contributed by atoms with E-state index in [9.17, 15) is 22.4 Å².